The third-order valence-electron chi connectivity index (χ3n) is 3.35. The molecule has 0 aliphatic heterocycles. The molecule has 1 atom stereocenters. The summed E-state index contributed by atoms with van der Waals surface area (Å²) >= 11 is 3.82. The van der Waals surface area contributed by atoms with Crippen molar-refractivity contribution in [2.45, 2.75) is 38.9 Å². The van der Waals surface area contributed by atoms with Crippen LogP contribution in [0.1, 0.15) is 43.1 Å². The molecule has 0 heterocycles. The van der Waals surface area contributed by atoms with Crippen molar-refractivity contribution in [1.82, 2.24) is 0 Å². The minimum atomic E-state index is 0.263. The van der Waals surface area contributed by atoms with Crippen LogP contribution in [0, 0.1) is 12.3 Å². The third-order valence-corrected chi connectivity index (χ3v) is 5.08. The fraction of sp³-hybridized carbons (Fsp3) is 0.571. The molecular weight excluding hydrogens is 264 g/mol. The molecule has 0 aromatic heterocycles. The maximum Gasteiger partial charge on any atom is 0.119 e. The Morgan fingerprint density at radius 3 is 2.44 bits per heavy atom. The molecule has 0 aliphatic carbocycles. The molecule has 1 unspecified atom stereocenters. The van der Waals surface area contributed by atoms with E-state index in [1.54, 1.807) is 7.11 Å². The predicted octanol–water partition coefficient (Wildman–Crippen LogP) is 4.88. The molecule has 0 bridgehead atoms. The largest absolute Gasteiger partial charge is 0.497 e. The average molecular weight is 285 g/mol. The van der Waals surface area contributed by atoms with Crippen molar-refractivity contribution < 1.29 is 4.74 Å². The fourth-order valence-electron chi connectivity index (χ4n) is 1.66. The lowest BCUT2D eigenvalue weighted by Crippen LogP contribution is -2.17. The van der Waals surface area contributed by atoms with Crippen LogP contribution in [-0.4, -0.2) is 7.11 Å². The Bertz CT molecular complexity index is 358. The number of ether oxygens (including phenoxy) is 1. The number of methoxy groups -OCH3 is 1. The number of halogens is 1. The van der Waals surface area contributed by atoms with Gasteiger partial charge in [0.15, 0.2) is 0 Å². The Hall–Kier alpha value is -0.500. The topological polar surface area (TPSA) is 9.23 Å². The second kappa shape index (κ2) is 5.22. The van der Waals surface area contributed by atoms with Crippen LogP contribution in [0.25, 0.3) is 0 Å². The maximum atomic E-state index is 5.23. The Balaban J connectivity index is 3.05. The molecular formula is C14H21BrO. The van der Waals surface area contributed by atoms with Crippen LogP contribution in [0.4, 0.5) is 0 Å². The van der Waals surface area contributed by atoms with Crippen molar-refractivity contribution in [3.63, 3.8) is 0 Å². The number of hydrogen-bond donors (Lipinski definition) is 0. The van der Waals surface area contributed by atoms with E-state index in [1.165, 1.54) is 11.1 Å². The molecule has 2 heteroatoms. The molecule has 1 aromatic rings. The monoisotopic (exact) mass is 284 g/mol. The van der Waals surface area contributed by atoms with Gasteiger partial charge in [-0.05, 0) is 42.0 Å². The van der Waals surface area contributed by atoms with Crippen LogP contribution in [0.5, 0.6) is 5.75 Å². The lowest BCUT2D eigenvalue weighted by molar-refractivity contribution is 0.345. The van der Waals surface area contributed by atoms with E-state index in [4.69, 9.17) is 4.74 Å². The Morgan fingerprint density at radius 2 is 2.00 bits per heavy atom. The summed E-state index contributed by atoms with van der Waals surface area (Å²) in [5.41, 5.74) is 2.90. The fourth-order valence-corrected chi connectivity index (χ4v) is 2.50. The summed E-state index contributed by atoms with van der Waals surface area (Å²) in [6.07, 6.45) is 1.15. The predicted molar refractivity (Wildman–Crippen MR) is 73.5 cm³/mol. The molecule has 0 saturated heterocycles. The number of rotatable bonds is 4. The molecule has 90 valence electrons. The third kappa shape index (κ3) is 2.79. The highest BCUT2D eigenvalue weighted by Gasteiger charge is 2.27. The van der Waals surface area contributed by atoms with Crippen LogP contribution in [0.3, 0.4) is 0 Å². The van der Waals surface area contributed by atoms with Crippen molar-refractivity contribution in [3.8, 4) is 5.75 Å². The highest BCUT2D eigenvalue weighted by molar-refractivity contribution is 9.09. The van der Waals surface area contributed by atoms with Crippen molar-refractivity contribution in [2.75, 3.05) is 7.11 Å². The van der Waals surface area contributed by atoms with Gasteiger partial charge in [0.2, 0.25) is 0 Å². The summed E-state index contributed by atoms with van der Waals surface area (Å²) in [6, 6.07) is 6.28. The van der Waals surface area contributed by atoms with Gasteiger partial charge in [-0.25, -0.2) is 0 Å². The lowest BCUT2D eigenvalue weighted by Gasteiger charge is -2.30. The van der Waals surface area contributed by atoms with Gasteiger partial charge in [0.1, 0.15) is 5.75 Å². The highest BCUT2D eigenvalue weighted by atomic mass is 79.9. The Labute approximate surface area is 107 Å². The van der Waals surface area contributed by atoms with Crippen molar-refractivity contribution >= 4 is 15.9 Å². The van der Waals surface area contributed by atoms with E-state index in [2.05, 4.69) is 55.8 Å². The molecule has 0 N–H and O–H groups in total. The molecule has 0 aliphatic rings. The quantitative estimate of drug-likeness (QED) is 0.717. The van der Waals surface area contributed by atoms with Gasteiger partial charge in [-0.2, -0.15) is 0 Å². The van der Waals surface area contributed by atoms with E-state index in [-0.39, 0.29) is 5.41 Å². The first-order valence-corrected chi connectivity index (χ1v) is 6.62. The van der Waals surface area contributed by atoms with Crippen LogP contribution >= 0.6 is 15.9 Å². The van der Waals surface area contributed by atoms with Gasteiger partial charge >= 0.3 is 0 Å². The van der Waals surface area contributed by atoms with Crippen LogP contribution in [0.2, 0.25) is 0 Å². The second-order valence-electron chi connectivity index (χ2n) is 4.93. The van der Waals surface area contributed by atoms with E-state index in [9.17, 15) is 0 Å². The summed E-state index contributed by atoms with van der Waals surface area (Å²) in [4.78, 5) is 0.385. The molecule has 16 heavy (non-hydrogen) atoms. The van der Waals surface area contributed by atoms with Gasteiger partial charge in [0, 0.05) is 4.83 Å². The van der Waals surface area contributed by atoms with Crippen molar-refractivity contribution in [1.29, 1.82) is 0 Å². The number of hydrogen-bond acceptors (Lipinski definition) is 1. The smallest absolute Gasteiger partial charge is 0.119 e. The molecule has 1 rings (SSSR count). The second-order valence-corrected chi connectivity index (χ2v) is 5.84. The Kier molecular flexibility index (Phi) is 4.43. The molecule has 1 aromatic carbocycles. The van der Waals surface area contributed by atoms with Crippen molar-refractivity contribution in [2.24, 2.45) is 5.41 Å². The van der Waals surface area contributed by atoms with E-state index in [0.717, 1.165) is 12.2 Å². The molecule has 0 spiro atoms. The standard InChI is InChI=1S/C14H21BrO/c1-6-14(3,4)13(15)12-8-7-11(16-5)9-10(12)2/h7-9,13H,6H2,1-5H3. The summed E-state index contributed by atoms with van der Waals surface area (Å²) in [5, 5.41) is 0. The zero-order valence-electron chi connectivity index (χ0n) is 10.8. The molecule has 1 nitrogen and oxygen atoms in total. The van der Waals surface area contributed by atoms with Crippen LogP contribution in [0.15, 0.2) is 18.2 Å². The molecule has 0 saturated carbocycles. The minimum Gasteiger partial charge on any atom is -0.497 e. The summed E-state index contributed by atoms with van der Waals surface area (Å²) < 4.78 is 5.23. The highest BCUT2D eigenvalue weighted by Crippen LogP contribution is 2.44. The normalized spacial score (nSPS) is 13.6. The van der Waals surface area contributed by atoms with Gasteiger partial charge in [-0.15, -0.1) is 0 Å². The zero-order chi connectivity index (χ0) is 12.3. The zero-order valence-corrected chi connectivity index (χ0v) is 12.4. The van der Waals surface area contributed by atoms with E-state index in [0.29, 0.717) is 4.83 Å². The van der Waals surface area contributed by atoms with E-state index < -0.39 is 0 Å². The minimum absolute atomic E-state index is 0.263. The van der Waals surface area contributed by atoms with Crippen molar-refractivity contribution in [3.05, 3.63) is 29.3 Å². The SMILES string of the molecule is CCC(C)(C)C(Br)c1ccc(OC)cc1C. The van der Waals surface area contributed by atoms with Gasteiger partial charge in [-0.1, -0.05) is 42.8 Å². The first kappa shape index (κ1) is 13.6. The lowest BCUT2D eigenvalue weighted by atomic mass is 9.82. The average Bonchev–Trinajstić information content (AvgIpc) is 2.28. The Morgan fingerprint density at radius 1 is 1.38 bits per heavy atom. The van der Waals surface area contributed by atoms with E-state index >= 15 is 0 Å². The van der Waals surface area contributed by atoms with Gasteiger partial charge in [0.25, 0.3) is 0 Å². The summed E-state index contributed by atoms with van der Waals surface area (Å²) in [6.45, 7) is 8.94. The first-order valence-electron chi connectivity index (χ1n) is 5.71. The van der Waals surface area contributed by atoms with Crippen LogP contribution in [-0.2, 0) is 0 Å². The van der Waals surface area contributed by atoms with Crippen LogP contribution < -0.4 is 4.74 Å². The maximum absolute atomic E-state index is 5.23. The molecule has 0 radical (unpaired) electrons. The summed E-state index contributed by atoms with van der Waals surface area (Å²) in [5.74, 6) is 0.926. The molecule has 0 amide bonds. The van der Waals surface area contributed by atoms with E-state index in [1.807, 2.05) is 6.07 Å². The number of aryl methyl sites for hydroxylation is 1. The van der Waals surface area contributed by atoms with Gasteiger partial charge < -0.3 is 4.74 Å². The summed E-state index contributed by atoms with van der Waals surface area (Å²) in [7, 11) is 1.70. The number of alkyl halides is 1. The first-order chi connectivity index (χ1) is 7.42. The van der Waals surface area contributed by atoms with Gasteiger partial charge in [-0.3, -0.25) is 0 Å². The van der Waals surface area contributed by atoms with Gasteiger partial charge in [0.05, 0.1) is 7.11 Å². The molecule has 0 fully saturated rings. The number of benzene rings is 1.